The molecule has 0 aliphatic carbocycles. The largest absolute Gasteiger partial charge is 0.292 e. The van der Waals surface area contributed by atoms with Crippen molar-refractivity contribution in [2.24, 2.45) is 0 Å². The van der Waals surface area contributed by atoms with Crippen molar-refractivity contribution in [3.8, 4) is 11.1 Å². The molecule has 2 aromatic carbocycles. The van der Waals surface area contributed by atoms with E-state index >= 15 is 0 Å². The topological polar surface area (TPSA) is 39.1 Å². The van der Waals surface area contributed by atoms with Crippen LogP contribution in [0.1, 0.15) is 0 Å². The second-order valence-electron chi connectivity index (χ2n) is 3.67. The van der Waals surface area contributed by atoms with Gasteiger partial charge < -0.3 is 0 Å². The molecule has 2 aromatic rings. The molecule has 3 rings (SSSR count). The monoisotopic (exact) mass is 209 g/mol. The average molecular weight is 209 g/mol. The number of anilines is 2. The third kappa shape index (κ3) is 1.18. The fraction of sp³-hybridized carbons (Fsp3) is 0. The predicted octanol–water partition coefficient (Wildman–Crippen LogP) is 3.11. The van der Waals surface area contributed by atoms with Gasteiger partial charge in [0.2, 0.25) is 0 Å². The molecule has 0 unspecified atom stereocenters. The highest BCUT2D eigenvalue weighted by Crippen LogP contribution is 2.39. The lowest BCUT2D eigenvalue weighted by Crippen LogP contribution is -2.31. The molecule has 0 aromatic heterocycles. The van der Waals surface area contributed by atoms with Gasteiger partial charge in [-0.3, -0.25) is 10.8 Å². The van der Waals surface area contributed by atoms with Crippen molar-refractivity contribution < 1.29 is 0 Å². The van der Waals surface area contributed by atoms with Crippen LogP contribution in [-0.4, -0.2) is 6.34 Å². The Hall–Kier alpha value is -2.29. The van der Waals surface area contributed by atoms with Gasteiger partial charge in [0, 0.05) is 11.1 Å². The van der Waals surface area contributed by atoms with Gasteiger partial charge in [-0.2, -0.15) is 0 Å². The first-order valence-electron chi connectivity index (χ1n) is 5.15. The van der Waals surface area contributed by atoms with Crippen LogP contribution in [0.2, 0.25) is 0 Å². The Morgan fingerprint density at radius 2 is 1.62 bits per heavy atom. The summed E-state index contributed by atoms with van der Waals surface area (Å²) >= 11 is 0. The van der Waals surface area contributed by atoms with Crippen molar-refractivity contribution in [3.05, 3.63) is 48.5 Å². The second-order valence-corrected chi connectivity index (χ2v) is 3.67. The summed E-state index contributed by atoms with van der Waals surface area (Å²) in [7, 11) is 0. The number of hydrazine groups is 1. The molecule has 16 heavy (non-hydrogen) atoms. The smallest absolute Gasteiger partial charge is 0.106 e. The van der Waals surface area contributed by atoms with Crippen molar-refractivity contribution in [1.29, 1.82) is 5.41 Å². The first-order valence-corrected chi connectivity index (χ1v) is 5.15. The number of rotatable bonds is 1. The minimum Gasteiger partial charge on any atom is -0.292 e. The van der Waals surface area contributed by atoms with Crippen LogP contribution in [-0.2, 0) is 0 Å². The summed E-state index contributed by atoms with van der Waals surface area (Å²) in [6, 6.07) is 16.2. The molecule has 0 saturated carbocycles. The predicted molar refractivity (Wildman–Crippen MR) is 66.8 cm³/mol. The molecule has 0 fully saturated rings. The fourth-order valence-electron chi connectivity index (χ4n) is 2.02. The van der Waals surface area contributed by atoms with Gasteiger partial charge in [0.1, 0.15) is 6.34 Å². The number of hydrogen-bond donors (Lipinski definition) is 2. The van der Waals surface area contributed by atoms with E-state index < -0.39 is 0 Å². The summed E-state index contributed by atoms with van der Waals surface area (Å²) < 4.78 is 0. The lowest BCUT2D eigenvalue weighted by molar-refractivity contribution is 1.20. The molecule has 1 aliphatic rings. The van der Waals surface area contributed by atoms with Crippen molar-refractivity contribution in [2.75, 3.05) is 10.4 Å². The van der Waals surface area contributed by atoms with Gasteiger partial charge >= 0.3 is 0 Å². The van der Waals surface area contributed by atoms with Gasteiger partial charge in [-0.05, 0) is 12.1 Å². The summed E-state index contributed by atoms with van der Waals surface area (Å²) in [4.78, 5) is 0. The maximum Gasteiger partial charge on any atom is 0.106 e. The van der Waals surface area contributed by atoms with Crippen molar-refractivity contribution in [1.82, 2.24) is 0 Å². The minimum absolute atomic E-state index is 1.01. The van der Waals surface area contributed by atoms with E-state index in [1.807, 2.05) is 36.4 Å². The molecule has 1 aliphatic heterocycles. The minimum atomic E-state index is 1.01. The van der Waals surface area contributed by atoms with Gasteiger partial charge in [0.25, 0.3) is 0 Å². The van der Waals surface area contributed by atoms with Crippen LogP contribution in [0.25, 0.3) is 11.1 Å². The number of nitrogens with zero attached hydrogens (tertiary/aromatic N) is 1. The van der Waals surface area contributed by atoms with Crippen molar-refractivity contribution in [3.63, 3.8) is 0 Å². The quantitative estimate of drug-likeness (QED) is 0.559. The Kier molecular flexibility index (Phi) is 1.90. The van der Waals surface area contributed by atoms with Crippen LogP contribution >= 0.6 is 0 Å². The van der Waals surface area contributed by atoms with Crippen LogP contribution < -0.4 is 10.4 Å². The maximum absolute atomic E-state index is 7.41. The fourth-order valence-corrected chi connectivity index (χ4v) is 2.02. The van der Waals surface area contributed by atoms with Gasteiger partial charge in [-0.1, -0.05) is 36.4 Å². The molecule has 0 radical (unpaired) electrons. The zero-order chi connectivity index (χ0) is 11.0. The number of fused-ring (bicyclic) bond motifs is 3. The first-order chi connectivity index (χ1) is 7.90. The van der Waals surface area contributed by atoms with E-state index in [2.05, 4.69) is 17.6 Å². The highest BCUT2D eigenvalue weighted by molar-refractivity contribution is 5.97. The number of nitrogens with one attached hydrogen (secondary N) is 2. The Morgan fingerprint density at radius 1 is 0.938 bits per heavy atom. The average Bonchev–Trinajstić information content (AvgIpc) is 2.38. The normalized spacial score (nSPS) is 12.4. The summed E-state index contributed by atoms with van der Waals surface area (Å²) in [5, 5.41) is 9.13. The molecule has 0 bridgehead atoms. The van der Waals surface area contributed by atoms with E-state index in [1.165, 1.54) is 11.9 Å². The Balaban J connectivity index is 2.28. The Morgan fingerprint density at radius 3 is 2.44 bits per heavy atom. The molecule has 3 nitrogen and oxygen atoms in total. The highest BCUT2D eigenvalue weighted by Gasteiger charge is 2.18. The van der Waals surface area contributed by atoms with Crippen LogP contribution in [0, 0.1) is 5.41 Å². The summed E-state index contributed by atoms with van der Waals surface area (Å²) in [5.41, 5.74) is 7.57. The summed E-state index contributed by atoms with van der Waals surface area (Å²) in [6.07, 6.45) is 1.29. The zero-order valence-corrected chi connectivity index (χ0v) is 8.64. The standard InChI is InChI=1S/C13H11N3/c14-9-16-13-8-4-2-6-11(13)10-5-1-3-7-12(10)15-16/h1-9,14-15H. The molecule has 0 spiro atoms. The van der Waals surface area contributed by atoms with Crippen molar-refractivity contribution >= 4 is 17.7 Å². The Labute approximate surface area is 93.8 Å². The van der Waals surface area contributed by atoms with E-state index in [0.29, 0.717) is 0 Å². The van der Waals surface area contributed by atoms with Crippen LogP contribution in [0.15, 0.2) is 48.5 Å². The third-order valence-electron chi connectivity index (χ3n) is 2.75. The van der Waals surface area contributed by atoms with Crippen LogP contribution in [0.3, 0.4) is 0 Å². The summed E-state index contributed by atoms with van der Waals surface area (Å²) in [6.45, 7) is 0. The van der Waals surface area contributed by atoms with Crippen molar-refractivity contribution in [2.45, 2.75) is 0 Å². The van der Waals surface area contributed by atoms with Gasteiger partial charge in [-0.15, -0.1) is 0 Å². The molecule has 0 atom stereocenters. The van der Waals surface area contributed by atoms with Crippen LogP contribution in [0.5, 0.6) is 0 Å². The molecule has 3 heteroatoms. The molecule has 78 valence electrons. The van der Waals surface area contributed by atoms with Crippen LogP contribution in [0.4, 0.5) is 11.4 Å². The SMILES string of the molecule is N=CN1Nc2ccccc2-c2ccccc21. The maximum atomic E-state index is 7.41. The van der Waals surface area contributed by atoms with E-state index in [-0.39, 0.29) is 0 Å². The van der Waals surface area contributed by atoms with E-state index in [9.17, 15) is 0 Å². The number of para-hydroxylation sites is 2. The number of hydrogen-bond acceptors (Lipinski definition) is 2. The van der Waals surface area contributed by atoms with Gasteiger partial charge in [0.15, 0.2) is 0 Å². The third-order valence-corrected chi connectivity index (χ3v) is 2.75. The molecule has 1 heterocycles. The molecule has 2 N–H and O–H groups in total. The lowest BCUT2D eigenvalue weighted by Gasteiger charge is -2.30. The molecule has 0 saturated heterocycles. The molecular formula is C13H11N3. The van der Waals surface area contributed by atoms with E-state index in [4.69, 9.17) is 5.41 Å². The van der Waals surface area contributed by atoms with Gasteiger partial charge in [0.05, 0.1) is 11.4 Å². The molecular weight excluding hydrogens is 198 g/mol. The Bertz CT molecular complexity index is 548. The van der Waals surface area contributed by atoms with Gasteiger partial charge in [-0.25, -0.2) is 5.01 Å². The zero-order valence-electron chi connectivity index (χ0n) is 8.64. The first kappa shape index (κ1) is 8.97. The van der Waals surface area contributed by atoms with E-state index in [0.717, 1.165) is 16.9 Å². The lowest BCUT2D eigenvalue weighted by atomic mass is 10.00. The highest BCUT2D eigenvalue weighted by atomic mass is 15.5. The summed E-state index contributed by atoms with van der Waals surface area (Å²) in [5.74, 6) is 0. The molecule has 0 amide bonds. The second kappa shape index (κ2) is 3.38. The number of benzene rings is 2. The van der Waals surface area contributed by atoms with E-state index in [1.54, 1.807) is 5.01 Å².